The van der Waals surface area contributed by atoms with Gasteiger partial charge in [-0.1, -0.05) is 30.3 Å². The van der Waals surface area contributed by atoms with E-state index in [2.05, 4.69) is 0 Å². The molecular weight excluding hydrogens is 268 g/mol. The third-order valence-electron chi connectivity index (χ3n) is 2.65. The van der Waals surface area contributed by atoms with Crippen molar-refractivity contribution in [3.05, 3.63) is 35.9 Å². The molecule has 6 heteroatoms. The second-order valence-corrected chi connectivity index (χ2v) is 5.82. The molecule has 0 heterocycles. The van der Waals surface area contributed by atoms with E-state index in [0.29, 0.717) is 6.42 Å². The summed E-state index contributed by atoms with van der Waals surface area (Å²) >= 11 is 0. The van der Waals surface area contributed by atoms with Crippen LogP contribution in [0, 0.1) is 0 Å². The van der Waals surface area contributed by atoms with Crippen molar-refractivity contribution in [1.29, 1.82) is 0 Å². The number of aliphatic carboxylic acids is 2. The molecule has 0 amide bonds. The lowest BCUT2D eigenvalue weighted by molar-refractivity contribution is -0.137. The number of carbonyl (C=O) groups is 2. The van der Waals surface area contributed by atoms with E-state index in [9.17, 15) is 13.8 Å². The van der Waals surface area contributed by atoms with Crippen molar-refractivity contribution in [2.24, 2.45) is 0 Å². The maximum atomic E-state index is 11.8. The summed E-state index contributed by atoms with van der Waals surface area (Å²) in [4.78, 5) is 21.5. The van der Waals surface area contributed by atoms with E-state index in [1.165, 1.54) is 0 Å². The maximum absolute atomic E-state index is 11.8. The zero-order valence-corrected chi connectivity index (χ0v) is 11.1. The van der Waals surface area contributed by atoms with Gasteiger partial charge in [0.25, 0.3) is 0 Å². The standard InChI is InChI=1S/C13H16O5S/c14-12(15)8-9-19(18)11(13(16)17)7-6-10-4-2-1-3-5-10/h1-5,11H,6-9H2,(H,14,15)(H,16,17). The lowest BCUT2D eigenvalue weighted by Crippen LogP contribution is -2.28. The van der Waals surface area contributed by atoms with Gasteiger partial charge in [-0.15, -0.1) is 0 Å². The Balaban J connectivity index is 2.55. The lowest BCUT2D eigenvalue weighted by Gasteiger charge is -2.11. The van der Waals surface area contributed by atoms with Gasteiger partial charge in [-0.3, -0.25) is 13.8 Å². The Morgan fingerprint density at radius 3 is 2.32 bits per heavy atom. The molecule has 0 aliphatic heterocycles. The van der Waals surface area contributed by atoms with Crippen LogP contribution in [0.25, 0.3) is 0 Å². The minimum Gasteiger partial charge on any atom is -0.481 e. The second-order valence-electron chi connectivity index (χ2n) is 4.08. The lowest BCUT2D eigenvalue weighted by atomic mass is 10.1. The molecule has 0 saturated heterocycles. The molecule has 0 fully saturated rings. The molecule has 19 heavy (non-hydrogen) atoms. The molecule has 2 atom stereocenters. The van der Waals surface area contributed by atoms with Crippen LogP contribution in [0.4, 0.5) is 0 Å². The van der Waals surface area contributed by atoms with Gasteiger partial charge in [-0.2, -0.15) is 0 Å². The Bertz CT molecular complexity index is 457. The Hall–Kier alpha value is -1.69. The van der Waals surface area contributed by atoms with E-state index in [1.807, 2.05) is 30.3 Å². The van der Waals surface area contributed by atoms with Gasteiger partial charge < -0.3 is 10.2 Å². The number of hydrogen-bond donors (Lipinski definition) is 2. The SMILES string of the molecule is O=C(O)CCS(=O)C(CCc1ccccc1)C(=O)O. The van der Waals surface area contributed by atoms with Crippen LogP contribution in [-0.2, 0) is 26.8 Å². The predicted molar refractivity (Wildman–Crippen MR) is 71.4 cm³/mol. The van der Waals surface area contributed by atoms with Gasteiger partial charge in [-0.25, -0.2) is 0 Å². The summed E-state index contributed by atoms with van der Waals surface area (Å²) in [6, 6.07) is 9.32. The molecule has 0 radical (unpaired) electrons. The molecule has 104 valence electrons. The van der Waals surface area contributed by atoms with E-state index in [1.54, 1.807) is 0 Å². The zero-order chi connectivity index (χ0) is 14.3. The Morgan fingerprint density at radius 2 is 1.79 bits per heavy atom. The topological polar surface area (TPSA) is 91.7 Å². The molecule has 0 aromatic heterocycles. The smallest absolute Gasteiger partial charge is 0.319 e. The van der Waals surface area contributed by atoms with Gasteiger partial charge in [0, 0.05) is 16.6 Å². The molecule has 2 unspecified atom stereocenters. The van der Waals surface area contributed by atoms with Crippen LogP contribution in [0.5, 0.6) is 0 Å². The van der Waals surface area contributed by atoms with Crippen LogP contribution in [0.15, 0.2) is 30.3 Å². The molecule has 2 N–H and O–H groups in total. The third kappa shape index (κ3) is 5.65. The van der Waals surface area contributed by atoms with Gasteiger partial charge in [0.15, 0.2) is 0 Å². The van der Waals surface area contributed by atoms with Crippen molar-refractivity contribution in [2.75, 3.05) is 5.75 Å². The van der Waals surface area contributed by atoms with Crippen LogP contribution in [-0.4, -0.2) is 37.4 Å². The maximum Gasteiger partial charge on any atom is 0.319 e. The van der Waals surface area contributed by atoms with E-state index >= 15 is 0 Å². The highest BCUT2D eigenvalue weighted by atomic mass is 32.2. The van der Waals surface area contributed by atoms with Gasteiger partial charge >= 0.3 is 11.9 Å². The van der Waals surface area contributed by atoms with Crippen LogP contribution >= 0.6 is 0 Å². The summed E-state index contributed by atoms with van der Waals surface area (Å²) in [7, 11) is -1.66. The minimum absolute atomic E-state index is 0.124. The van der Waals surface area contributed by atoms with Crippen LogP contribution in [0.1, 0.15) is 18.4 Å². The van der Waals surface area contributed by atoms with Crippen molar-refractivity contribution >= 4 is 22.7 Å². The first-order chi connectivity index (χ1) is 9.00. The molecular formula is C13H16O5S. The summed E-state index contributed by atoms with van der Waals surface area (Å²) in [5, 5.41) is 16.5. The number of carboxylic acid groups (broad SMARTS) is 2. The van der Waals surface area contributed by atoms with E-state index < -0.39 is 28.0 Å². The fourth-order valence-corrected chi connectivity index (χ4v) is 2.91. The molecule has 5 nitrogen and oxygen atoms in total. The first-order valence-corrected chi connectivity index (χ1v) is 7.24. The number of benzene rings is 1. The number of aryl methyl sites for hydroxylation is 1. The van der Waals surface area contributed by atoms with Gasteiger partial charge in [-0.05, 0) is 18.4 Å². The fourth-order valence-electron chi connectivity index (χ4n) is 1.64. The van der Waals surface area contributed by atoms with E-state index in [0.717, 1.165) is 5.56 Å². The van der Waals surface area contributed by atoms with Crippen molar-refractivity contribution in [3.63, 3.8) is 0 Å². The van der Waals surface area contributed by atoms with Crippen molar-refractivity contribution in [3.8, 4) is 0 Å². The third-order valence-corrected chi connectivity index (χ3v) is 4.33. The monoisotopic (exact) mass is 284 g/mol. The predicted octanol–water partition coefficient (Wildman–Crippen LogP) is 1.30. The van der Waals surface area contributed by atoms with Crippen LogP contribution < -0.4 is 0 Å². The second kappa shape index (κ2) is 7.68. The summed E-state index contributed by atoms with van der Waals surface area (Å²) in [5.74, 6) is -2.33. The van der Waals surface area contributed by atoms with E-state index in [4.69, 9.17) is 10.2 Å². The molecule has 1 rings (SSSR count). The van der Waals surface area contributed by atoms with Crippen LogP contribution in [0.3, 0.4) is 0 Å². The normalized spacial score (nSPS) is 13.7. The summed E-state index contributed by atoms with van der Waals surface area (Å²) in [6.45, 7) is 0. The molecule has 1 aromatic rings. The molecule has 0 spiro atoms. The number of rotatable bonds is 8. The van der Waals surface area contributed by atoms with Crippen LogP contribution in [0.2, 0.25) is 0 Å². The average Bonchev–Trinajstić information content (AvgIpc) is 2.37. The molecule has 0 aliphatic carbocycles. The number of carboxylic acids is 2. The Morgan fingerprint density at radius 1 is 1.16 bits per heavy atom. The largest absolute Gasteiger partial charge is 0.481 e. The van der Waals surface area contributed by atoms with Crippen molar-refractivity contribution in [2.45, 2.75) is 24.5 Å². The van der Waals surface area contributed by atoms with Gasteiger partial charge in [0.2, 0.25) is 0 Å². The molecule has 0 aliphatic rings. The van der Waals surface area contributed by atoms with Gasteiger partial charge in [0.05, 0.1) is 6.42 Å². The molecule has 1 aromatic carbocycles. The minimum atomic E-state index is -1.66. The highest BCUT2D eigenvalue weighted by molar-refractivity contribution is 7.86. The highest BCUT2D eigenvalue weighted by Gasteiger charge is 2.24. The quantitative estimate of drug-likeness (QED) is 0.750. The Kier molecular flexibility index (Phi) is 6.21. The molecule has 0 saturated carbocycles. The van der Waals surface area contributed by atoms with Gasteiger partial charge in [0.1, 0.15) is 5.25 Å². The summed E-state index contributed by atoms with van der Waals surface area (Å²) in [6.07, 6.45) is 0.476. The number of hydrogen-bond acceptors (Lipinski definition) is 3. The van der Waals surface area contributed by atoms with Crippen molar-refractivity contribution in [1.82, 2.24) is 0 Å². The van der Waals surface area contributed by atoms with E-state index in [-0.39, 0.29) is 18.6 Å². The summed E-state index contributed by atoms with van der Waals surface area (Å²) < 4.78 is 11.8. The first-order valence-electron chi connectivity index (χ1n) is 5.86. The summed E-state index contributed by atoms with van der Waals surface area (Å²) in [5.41, 5.74) is 0.976. The average molecular weight is 284 g/mol. The first kappa shape index (κ1) is 15.4. The van der Waals surface area contributed by atoms with Crippen molar-refractivity contribution < 1.29 is 24.0 Å². The Labute approximate surface area is 113 Å². The molecule has 0 bridgehead atoms. The fraction of sp³-hybridized carbons (Fsp3) is 0.385. The highest BCUT2D eigenvalue weighted by Crippen LogP contribution is 2.10. The zero-order valence-electron chi connectivity index (χ0n) is 10.3.